The second-order valence-corrected chi connectivity index (χ2v) is 6.86. The van der Waals surface area contributed by atoms with Gasteiger partial charge in [-0.2, -0.15) is 0 Å². The number of likely N-dealkylation sites (tertiary alicyclic amines) is 1. The Bertz CT molecular complexity index is 936. The largest absolute Gasteiger partial charge is 0.467 e. The normalized spacial score (nSPS) is 17.6. The van der Waals surface area contributed by atoms with Crippen LogP contribution in [0, 0.1) is 13.8 Å². The molecule has 0 aromatic heterocycles. The van der Waals surface area contributed by atoms with Gasteiger partial charge in [0.25, 0.3) is 5.91 Å². The lowest BCUT2D eigenvalue weighted by Gasteiger charge is -2.23. The smallest absolute Gasteiger partial charge is 0.329 e. The molecule has 1 aliphatic rings. The van der Waals surface area contributed by atoms with Crippen molar-refractivity contribution in [3.8, 4) is 11.1 Å². The average molecular weight is 380 g/mol. The standard InChI is InChI=1S/C22H24N2O4/c1-14-7-5-6-8-18(14)16-9-10-19(15(2)11-16)21(25)24-13-17(23-28-4)12-20(24)22(26)27-3/h5-11,20H,12-13H2,1-4H3/b23-17+/t20-/m0/s1. The van der Waals surface area contributed by atoms with Crippen LogP contribution in [0.15, 0.2) is 47.6 Å². The van der Waals surface area contributed by atoms with Crippen LogP contribution in [0.1, 0.15) is 27.9 Å². The summed E-state index contributed by atoms with van der Waals surface area (Å²) in [5.41, 5.74) is 5.41. The molecule has 2 aromatic rings. The molecule has 28 heavy (non-hydrogen) atoms. The Kier molecular flexibility index (Phi) is 5.78. The number of carbonyl (C=O) groups excluding carboxylic acids is 2. The van der Waals surface area contributed by atoms with Crippen molar-refractivity contribution in [2.45, 2.75) is 26.3 Å². The predicted molar refractivity (Wildman–Crippen MR) is 107 cm³/mol. The molecule has 6 nitrogen and oxygen atoms in total. The van der Waals surface area contributed by atoms with E-state index < -0.39 is 12.0 Å². The molecule has 1 heterocycles. The van der Waals surface area contributed by atoms with E-state index in [4.69, 9.17) is 9.57 Å². The molecule has 1 aliphatic heterocycles. The predicted octanol–water partition coefficient (Wildman–Crippen LogP) is 3.36. The number of esters is 1. The number of amides is 1. The van der Waals surface area contributed by atoms with Crippen molar-refractivity contribution in [3.63, 3.8) is 0 Å². The molecule has 1 fully saturated rings. The van der Waals surface area contributed by atoms with E-state index in [1.54, 1.807) is 0 Å². The van der Waals surface area contributed by atoms with Crippen molar-refractivity contribution in [3.05, 3.63) is 59.2 Å². The Hall–Kier alpha value is -3.15. The molecule has 0 aliphatic carbocycles. The number of benzene rings is 2. The Morgan fingerprint density at radius 1 is 1.07 bits per heavy atom. The van der Waals surface area contributed by atoms with Crippen LogP contribution in [0.25, 0.3) is 11.1 Å². The highest BCUT2D eigenvalue weighted by Gasteiger charge is 2.39. The van der Waals surface area contributed by atoms with E-state index in [9.17, 15) is 9.59 Å². The van der Waals surface area contributed by atoms with E-state index in [1.165, 1.54) is 24.7 Å². The molecule has 0 bridgehead atoms. The summed E-state index contributed by atoms with van der Waals surface area (Å²) in [7, 11) is 2.76. The summed E-state index contributed by atoms with van der Waals surface area (Å²) in [5, 5.41) is 3.92. The maximum Gasteiger partial charge on any atom is 0.329 e. The van der Waals surface area contributed by atoms with Crippen molar-refractivity contribution in [2.24, 2.45) is 5.16 Å². The molecular formula is C22H24N2O4. The topological polar surface area (TPSA) is 68.2 Å². The molecule has 0 unspecified atom stereocenters. The van der Waals surface area contributed by atoms with Gasteiger partial charge in [0.05, 0.1) is 19.4 Å². The van der Waals surface area contributed by atoms with Crippen LogP contribution in [-0.2, 0) is 14.4 Å². The minimum Gasteiger partial charge on any atom is -0.467 e. The minimum atomic E-state index is -0.693. The highest BCUT2D eigenvalue weighted by molar-refractivity contribution is 6.05. The van der Waals surface area contributed by atoms with Crippen molar-refractivity contribution < 1.29 is 19.2 Å². The minimum absolute atomic E-state index is 0.217. The fourth-order valence-electron chi connectivity index (χ4n) is 3.58. The molecule has 0 saturated carbocycles. The summed E-state index contributed by atoms with van der Waals surface area (Å²) in [6, 6.07) is 13.2. The zero-order valence-electron chi connectivity index (χ0n) is 16.6. The van der Waals surface area contributed by atoms with Crippen LogP contribution in [0.5, 0.6) is 0 Å². The van der Waals surface area contributed by atoms with Gasteiger partial charge in [-0.15, -0.1) is 0 Å². The Labute approximate surface area is 164 Å². The number of carbonyl (C=O) groups is 2. The first-order valence-corrected chi connectivity index (χ1v) is 9.10. The second-order valence-electron chi connectivity index (χ2n) is 6.86. The van der Waals surface area contributed by atoms with Gasteiger partial charge in [0.2, 0.25) is 0 Å². The Balaban J connectivity index is 1.92. The summed E-state index contributed by atoms with van der Waals surface area (Å²) in [6.07, 6.45) is 0.312. The van der Waals surface area contributed by atoms with Crippen molar-refractivity contribution in [1.29, 1.82) is 0 Å². The third kappa shape index (κ3) is 3.76. The van der Waals surface area contributed by atoms with Gasteiger partial charge in [0, 0.05) is 12.0 Å². The van der Waals surface area contributed by atoms with Crippen LogP contribution < -0.4 is 0 Å². The first kappa shape index (κ1) is 19.6. The summed E-state index contributed by atoms with van der Waals surface area (Å²) in [4.78, 5) is 31.7. The number of aryl methyl sites for hydroxylation is 2. The summed E-state index contributed by atoms with van der Waals surface area (Å²) in [6.45, 7) is 4.21. The molecule has 0 N–H and O–H groups in total. The molecule has 0 spiro atoms. The van der Waals surface area contributed by atoms with E-state index in [1.807, 2.05) is 37.3 Å². The number of ether oxygens (including phenoxy) is 1. The zero-order chi connectivity index (χ0) is 20.3. The van der Waals surface area contributed by atoms with Gasteiger partial charge < -0.3 is 14.5 Å². The third-order valence-corrected chi connectivity index (χ3v) is 5.03. The summed E-state index contributed by atoms with van der Waals surface area (Å²) in [5.74, 6) is -0.672. The Morgan fingerprint density at radius 2 is 1.82 bits per heavy atom. The maximum absolute atomic E-state index is 13.2. The highest BCUT2D eigenvalue weighted by Crippen LogP contribution is 2.27. The number of rotatable bonds is 4. The SMILES string of the molecule is CO/N=C1\C[C@@H](C(=O)OC)N(C(=O)c2ccc(-c3ccccc3C)cc2C)C1. The maximum atomic E-state index is 13.2. The van der Waals surface area contributed by atoms with Gasteiger partial charge >= 0.3 is 5.97 Å². The molecule has 2 aromatic carbocycles. The number of hydrogen-bond donors (Lipinski definition) is 0. The van der Waals surface area contributed by atoms with E-state index in [0.717, 1.165) is 16.7 Å². The van der Waals surface area contributed by atoms with Gasteiger partial charge in [0.15, 0.2) is 0 Å². The van der Waals surface area contributed by atoms with Gasteiger partial charge in [0.1, 0.15) is 13.2 Å². The van der Waals surface area contributed by atoms with Crippen LogP contribution in [0.2, 0.25) is 0 Å². The zero-order valence-corrected chi connectivity index (χ0v) is 16.6. The van der Waals surface area contributed by atoms with E-state index in [-0.39, 0.29) is 12.5 Å². The number of oxime groups is 1. The molecule has 1 amide bonds. The monoisotopic (exact) mass is 380 g/mol. The van der Waals surface area contributed by atoms with E-state index >= 15 is 0 Å². The number of hydrogen-bond acceptors (Lipinski definition) is 5. The molecular weight excluding hydrogens is 356 g/mol. The molecule has 0 radical (unpaired) electrons. The Morgan fingerprint density at radius 3 is 2.46 bits per heavy atom. The first-order valence-electron chi connectivity index (χ1n) is 9.10. The molecule has 146 valence electrons. The van der Waals surface area contributed by atoms with Gasteiger partial charge in [-0.25, -0.2) is 4.79 Å². The van der Waals surface area contributed by atoms with Crippen molar-refractivity contribution in [1.82, 2.24) is 4.90 Å². The molecule has 6 heteroatoms. The fourth-order valence-corrected chi connectivity index (χ4v) is 3.58. The lowest BCUT2D eigenvalue weighted by Crippen LogP contribution is -2.41. The lowest BCUT2D eigenvalue weighted by atomic mass is 9.96. The van der Waals surface area contributed by atoms with Gasteiger partial charge in [-0.3, -0.25) is 4.79 Å². The van der Waals surface area contributed by atoms with Gasteiger partial charge in [-0.1, -0.05) is 41.6 Å². The fraction of sp³-hybridized carbons (Fsp3) is 0.318. The molecule has 1 saturated heterocycles. The van der Waals surface area contributed by atoms with Crippen molar-refractivity contribution >= 4 is 17.6 Å². The lowest BCUT2D eigenvalue weighted by molar-refractivity contribution is -0.145. The van der Waals surface area contributed by atoms with Gasteiger partial charge in [-0.05, 0) is 42.2 Å². The number of nitrogens with zero attached hydrogens (tertiary/aromatic N) is 2. The van der Waals surface area contributed by atoms with Crippen LogP contribution in [0.4, 0.5) is 0 Å². The highest BCUT2D eigenvalue weighted by atomic mass is 16.6. The summed E-state index contributed by atoms with van der Waals surface area (Å²) >= 11 is 0. The second kappa shape index (κ2) is 8.25. The third-order valence-electron chi connectivity index (χ3n) is 5.03. The quantitative estimate of drug-likeness (QED) is 0.602. The first-order chi connectivity index (χ1) is 13.5. The van der Waals surface area contributed by atoms with E-state index in [0.29, 0.717) is 17.7 Å². The van der Waals surface area contributed by atoms with Crippen molar-refractivity contribution in [2.75, 3.05) is 20.8 Å². The van der Waals surface area contributed by atoms with E-state index in [2.05, 4.69) is 24.2 Å². The van der Waals surface area contributed by atoms with Crippen LogP contribution in [0.3, 0.4) is 0 Å². The molecule has 3 rings (SSSR count). The number of methoxy groups -OCH3 is 1. The average Bonchev–Trinajstić information content (AvgIpc) is 3.11. The summed E-state index contributed by atoms with van der Waals surface area (Å²) < 4.78 is 4.87. The van der Waals surface area contributed by atoms with Crippen LogP contribution in [-0.4, -0.2) is 49.3 Å². The molecule has 1 atom stereocenters. The van der Waals surface area contributed by atoms with Crippen LogP contribution >= 0.6 is 0 Å².